The second-order valence-corrected chi connectivity index (χ2v) is 8.51. The molecule has 7 nitrogen and oxygen atoms in total. The molecule has 2 N–H and O–H groups in total. The van der Waals surface area contributed by atoms with Gasteiger partial charge in [-0.15, -0.1) is 0 Å². The molecule has 1 aliphatic heterocycles. The van der Waals surface area contributed by atoms with Crippen LogP contribution in [0.15, 0.2) is 90.6 Å². The molecule has 1 aliphatic rings. The molecule has 1 unspecified atom stereocenters. The number of aromatic nitrogens is 1. The van der Waals surface area contributed by atoms with Gasteiger partial charge in [0.25, 0.3) is 11.7 Å². The number of fused-ring (bicyclic) bond motifs is 1. The minimum absolute atomic E-state index is 0.0186. The molecule has 0 saturated carbocycles. The van der Waals surface area contributed by atoms with Gasteiger partial charge in [0.15, 0.2) is 0 Å². The summed E-state index contributed by atoms with van der Waals surface area (Å²) in [4.78, 5) is 43.7. The maximum Gasteiger partial charge on any atom is 0.338 e. The number of aliphatic hydroxyl groups is 1. The molecular formula is C29H24N2O5. The summed E-state index contributed by atoms with van der Waals surface area (Å²) in [5.41, 5.74) is 2.48. The van der Waals surface area contributed by atoms with E-state index in [2.05, 4.69) is 4.98 Å². The third-order valence-corrected chi connectivity index (χ3v) is 6.20. The second-order valence-electron chi connectivity index (χ2n) is 8.51. The van der Waals surface area contributed by atoms with Gasteiger partial charge in [-0.3, -0.25) is 14.5 Å². The summed E-state index contributed by atoms with van der Waals surface area (Å²) in [5.74, 6) is -2.36. The normalized spacial score (nSPS) is 17.0. The van der Waals surface area contributed by atoms with Crippen LogP contribution in [0.2, 0.25) is 0 Å². The summed E-state index contributed by atoms with van der Waals surface area (Å²) in [6, 6.07) is 22.0. The number of benzene rings is 3. The zero-order valence-corrected chi connectivity index (χ0v) is 19.6. The smallest absolute Gasteiger partial charge is 0.338 e. The molecule has 0 radical (unpaired) electrons. The van der Waals surface area contributed by atoms with Crippen molar-refractivity contribution < 1.29 is 24.2 Å². The maximum atomic E-state index is 13.4. The highest BCUT2D eigenvalue weighted by atomic mass is 16.5. The zero-order chi connectivity index (χ0) is 25.2. The Balaban J connectivity index is 1.67. The molecule has 5 rings (SSSR count). The van der Waals surface area contributed by atoms with Crippen molar-refractivity contribution in [2.24, 2.45) is 0 Å². The molecule has 4 aromatic rings. The van der Waals surface area contributed by atoms with Crippen LogP contribution in [-0.2, 0) is 14.3 Å². The fraction of sp³-hybridized carbons (Fsp3) is 0.138. The van der Waals surface area contributed by atoms with Crippen molar-refractivity contribution in [1.29, 1.82) is 0 Å². The molecule has 7 heteroatoms. The van der Waals surface area contributed by atoms with Gasteiger partial charge in [0.05, 0.1) is 23.8 Å². The van der Waals surface area contributed by atoms with Crippen molar-refractivity contribution in [3.8, 4) is 0 Å². The average molecular weight is 481 g/mol. The van der Waals surface area contributed by atoms with Crippen LogP contribution in [0.1, 0.15) is 40.9 Å². The number of nitrogens with one attached hydrogen (secondary N) is 1. The van der Waals surface area contributed by atoms with E-state index in [0.29, 0.717) is 23.2 Å². The fourth-order valence-corrected chi connectivity index (χ4v) is 4.52. The van der Waals surface area contributed by atoms with Gasteiger partial charge in [0.1, 0.15) is 5.76 Å². The van der Waals surface area contributed by atoms with Crippen molar-refractivity contribution in [3.63, 3.8) is 0 Å². The van der Waals surface area contributed by atoms with Crippen LogP contribution in [0.4, 0.5) is 5.69 Å². The van der Waals surface area contributed by atoms with Gasteiger partial charge in [-0.2, -0.15) is 0 Å². The molecule has 1 fully saturated rings. The first kappa shape index (κ1) is 23.1. The van der Waals surface area contributed by atoms with E-state index in [9.17, 15) is 19.5 Å². The third-order valence-electron chi connectivity index (χ3n) is 6.20. The summed E-state index contributed by atoms with van der Waals surface area (Å²) in [7, 11) is 0. The van der Waals surface area contributed by atoms with Crippen molar-refractivity contribution in [3.05, 3.63) is 107 Å². The standard InChI is InChI=1S/C29H24N2O5/c1-2-15-36-29(35)19-11-8-12-20(16-19)31-25(18-9-4-3-5-10-18)24(27(33)28(31)34)26(32)22-17-30-23-14-7-6-13-21(22)23/h3-14,16-17,25,30,32H,2,15H2,1H3/b26-24-. The largest absolute Gasteiger partial charge is 0.507 e. The van der Waals surface area contributed by atoms with E-state index in [1.165, 1.54) is 11.0 Å². The number of para-hydroxylation sites is 1. The van der Waals surface area contributed by atoms with Gasteiger partial charge in [-0.1, -0.05) is 61.5 Å². The van der Waals surface area contributed by atoms with E-state index < -0.39 is 23.7 Å². The number of carbonyl (C=O) groups excluding carboxylic acids is 3. The van der Waals surface area contributed by atoms with Crippen molar-refractivity contribution >= 4 is 40.0 Å². The van der Waals surface area contributed by atoms with E-state index in [1.807, 2.05) is 37.3 Å². The fourth-order valence-electron chi connectivity index (χ4n) is 4.52. The molecule has 3 aromatic carbocycles. The van der Waals surface area contributed by atoms with E-state index in [4.69, 9.17) is 4.74 Å². The number of aromatic amines is 1. The summed E-state index contributed by atoms with van der Waals surface area (Å²) in [6.45, 7) is 2.18. The van der Waals surface area contributed by atoms with Gasteiger partial charge in [-0.25, -0.2) is 4.79 Å². The SMILES string of the molecule is CCCOC(=O)c1cccc(N2C(=O)C(=O)/C(=C(\O)c3c[nH]c4ccccc34)C2c2ccccc2)c1. The highest BCUT2D eigenvalue weighted by Gasteiger charge is 2.47. The van der Waals surface area contributed by atoms with Crippen molar-refractivity contribution in [2.45, 2.75) is 19.4 Å². The Kier molecular flexibility index (Phi) is 6.12. The lowest BCUT2D eigenvalue weighted by Gasteiger charge is -2.25. The molecule has 180 valence electrons. The number of Topliss-reactive ketones (excluding diaryl/α,β-unsaturated/α-hetero) is 1. The van der Waals surface area contributed by atoms with Gasteiger partial charge >= 0.3 is 5.97 Å². The van der Waals surface area contributed by atoms with E-state index in [-0.39, 0.29) is 23.5 Å². The van der Waals surface area contributed by atoms with Gasteiger partial charge in [0.2, 0.25) is 0 Å². The Morgan fingerprint density at radius 3 is 2.53 bits per heavy atom. The van der Waals surface area contributed by atoms with Crippen LogP contribution in [-0.4, -0.2) is 34.4 Å². The topological polar surface area (TPSA) is 99.7 Å². The van der Waals surface area contributed by atoms with E-state index in [1.54, 1.807) is 48.7 Å². The number of esters is 1. The highest BCUT2D eigenvalue weighted by Crippen LogP contribution is 2.43. The molecule has 2 heterocycles. The van der Waals surface area contributed by atoms with Crippen LogP contribution in [0.3, 0.4) is 0 Å². The predicted octanol–water partition coefficient (Wildman–Crippen LogP) is 5.36. The van der Waals surface area contributed by atoms with Crippen molar-refractivity contribution in [1.82, 2.24) is 4.98 Å². The van der Waals surface area contributed by atoms with Crippen LogP contribution in [0, 0.1) is 0 Å². The molecule has 1 saturated heterocycles. The minimum atomic E-state index is -0.887. The molecule has 0 aliphatic carbocycles. The molecule has 0 bridgehead atoms. The predicted molar refractivity (Wildman–Crippen MR) is 137 cm³/mol. The van der Waals surface area contributed by atoms with Crippen LogP contribution in [0.5, 0.6) is 0 Å². The Hall–Kier alpha value is -4.65. The number of hydrogen-bond acceptors (Lipinski definition) is 5. The first-order valence-corrected chi connectivity index (χ1v) is 11.7. The van der Waals surface area contributed by atoms with Crippen LogP contribution in [0.25, 0.3) is 16.7 Å². The molecular weight excluding hydrogens is 456 g/mol. The van der Waals surface area contributed by atoms with E-state index >= 15 is 0 Å². The van der Waals surface area contributed by atoms with Gasteiger partial charge < -0.3 is 14.8 Å². The minimum Gasteiger partial charge on any atom is -0.507 e. The van der Waals surface area contributed by atoms with Crippen molar-refractivity contribution in [2.75, 3.05) is 11.5 Å². The number of hydrogen-bond donors (Lipinski definition) is 2. The Bertz CT molecular complexity index is 1500. The first-order chi connectivity index (χ1) is 17.5. The molecule has 1 atom stereocenters. The lowest BCUT2D eigenvalue weighted by atomic mass is 9.95. The molecule has 1 amide bonds. The summed E-state index contributed by atoms with van der Waals surface area (Å²) >= 11 is 0. The lowest BCUT2D eigenvalue weighted by Crippen LogP contribution is -2.29. The number of H-pyrrole nitrogens is 1. The lowest BCUT2D eigenvalue weighted by molar-refractivity contribution is -0.132. The van der Waals surface area contributed by atoms with Crippen LogP contribution >= 0.6 is 0 Å². The number of ketones is 1. The Labute approximate surface area is 207 Å². The number of carbonyl (C=O) groups is 3. The molecule has 36 heavy (non-hydrogen) atoms. The Morgan fingerprint density at radius 2 is 1.75 bits per heavy atom. The molecule has 1 aromatic heterocycles. The number of nitrogens with zero attached hydrogens (tertiary/aromatic N) is 1. The zero-order valence-electron chi connectivity index (χ0n) is 19.6. The monoisotopic (exact) mass is 480 g/mol. The second kappa shape index (κ2) is 9.54. The van der Waals surface area contributed by atoms with Gasteiger partial charge in [-0.05, 0) is 36.2 Å². The quantitative estimate of drug-likeness (QED) is 0.167. The third kappa shape index (κ3) is 3.94. The first-order valence-electron chi connectivity index (χ1n) is 11.7. The number of aliphatic hydroxyl groups excluding tert-OH is 1. The van der Waals surface area contributed by atoms with E-state index in [0.717, 1.165) is 10.9 Å². The van der Waals surface area contributed by atoms with Gasteiger partial charge in [0, 0.05) is 28.4 Å². The summed E-state index contributed by atoms with van der Waals surface area (Å²) in [5, 5.41) is 12.1. The molecule has 0 spiro atoms. The summed E-state index contributed by atoms with van der Waals surface area (Å²) in [6.07, 6.45) is 2.31. The van der Waals surface area contributed by atoms with Crippen LogP contribution < -0.4 is 4.90 Å². The summed E-state index contributed by atoms with van der Waals surface area (Å²) < 4.78 is 5.24. The number of ether oxygens (including phenoxy) is 1. The maximum absolute atomic E-state index is 13.4. The number of anilines is 1. The number of rotatable bonds is 6. The number of amides is 1. The average Bonchev–Trinajstić information content (AvgIpc) is 3.46. The highest BCUT2D eigenvalue weighted by molar-refractivity contribution is 6.51. The Morgan fingerprint density at radius 1 is 1.00 bits per heavy atom.